The van der Waals surface area contributed by atoms with Gasteiger partial charge in [0.05, 0.1) is 5.02 Å². The fourth-order valence-electron chi connectivity index (χ4n) is 1.59. The zero-order chi connectivity index (χ0) is 14.5. The molecule has 2 aromatic rings. The van der Waals surface area contributed by atoms with Crippen LogP contribution in [-0.2, 0) is 6.54 Å². The highest BCUT2D eigenvalue weighted by molar-refractivity contribution is 6.31. The van der Waals surface area contributed by atoms with Gasteiger partial charge in [0, 0.05) is 24.8 Å². The Bertz CT molecular complexity index is 573. The number of hydrogen-bond donors (Lipinski definition) is 1. The van der Waals surface area contributed by atoms with E-state index in [0.717, 1.165) is 5.56 Å². The van der Waals surface area contributed by atoms with Gasteiger partial charge >= 0.3 is 0 Å². The quantitative estimate of drug-likeness (QED) is 0.899. The highest BCUT2D eigenvalue weighted by Gasteiger charge is 2.06. The van der Waals surface area contributed by atoms with Crippen LogP contribution in [0.5, 0.6) is 11.6 Å². The maximum absolute atomic E-state index is 12.8. The van der Waals surface area contributed by atoms with Gasteiger partial charge in [-0.25, -0.2) is 9.37 Å². The largest absolute Gasteiger partial charge is 0.439 e. The number of rotatable bonds is 5. The monoisotopic (exact) mass is 294 g/mol. The van der Waals surface area contributed by atoms with Crippen LogP contribution in [0.25, 0.3) is 0 Å². The van der Waals surface area contributed by atoms with Crippen molar-refractivity contribution in [3.63, 3.8) is 0 Å². The number of pyridine rings is 1. The summed E-state index contributed by atoms with van der Waals surface area (Å²) in [6.45, 7) is 4.76. The van der Waals surface area contributed by atoms with Gasteiger partial charge in [0.25, 0.3) is 0 Å². The molecule has 2 rings (SSSR count). The highest BCUT2D eigenvalue weighted by atomic mass is 35.5. The van der Waals surface area contributed by atoms with Gasteiger partial charge in [0.15, 0.2) is 0 Å². The molecular weight excluding hydrogens is 279 g/mol. The normalized spacial score (nSPS) is 10.8. The molecule has 20 heavy (non-hydrogen) atoms. The molecule has 0 spiro atoms. The predicted octanol–water partition coefficient (Wildman–Crippen LogP) is 4.16. The Labute approximate surface area is 122 Å². The van der Waals surface area contributed by atoms with Gasteiger partial charge in [-0.2, -0.15) is 0 Å². The Morgan fingerprint density at radius 1 is 1.30 bits per heavy atom. The Kier molecular flexibility index (Phi) is 4.93. The third-order valence-electron chi connectivity index (χ3n) is 2.65. The lowest BCUT2D eigenvalue weighted by Crippen LogP contribution is -2.22. The topological polar surface area (TPSA) is 34.1 Å². The maximum atomic E-state index is 12.8. The fraction of sp³-hybridized carbons (Fsp3) is 0.267. The maximum Gasteiger partial charge on any atom is 0.219 e. The van der Waals surface area contributed by atoms with Crippen LogP contribution in [0.15, 0.2) is 36.5 Å². The molecule has 0 bridgehead atoms. The second-order valence-corrected chi connectivity index (χ2v) is 5.11. The van der Waals surface area contributed by atoms with Crippen molar-refractivity contribution in [1.29, 1.82) is 0 Å². The molecule has 5 heteroatoms. The van der Waals surface area contributed by atoms with Gasteiger partial charge in [-0.3, -0.25) is 0 Å². The standard InChI is InChI=1S/C15H16ClFN2O/c1-10(2)18-8-11-7-15(19-9-14(11)16)20-13-5-3-12(17)4-6-13/h3-7,9-10,18H,8H2,1-2H3. The molecule has 0 aliphatic heterocycles. The minimum atomic E-state index is -0.303. The SMILES string of the molecule is CC(C)NCc1cc(Oc2ccc(F)cc2)ncc1Cl. The van der Waals surface area contributed by atoms with Gasteiger partial charge < -0.3 is 10.1 Å². The van der Waals surface area contributed by atoms with Crippen molar-refractivity contribution in [2.24, 2.45) is 0 Å². The lowest BCUT2D eigenvalue weighted by atomic mass is 10.2. The van der Waals surface area contributed by atoms with Crippen LogP contribution in [-0.4, -0.2) is 11.0 Å². The van der Waals surface area contributed by atoms with Crippen LogP contribution in [0.1, 0.15) is 19.4 Å². The van der Waals surface area contributed by atoms with E-state index in [0.29, 0.717) is 29.2 Å². The van der Waals surface area contributed by atoms with Crippen molar-refractivity contribution in [3.8, 4) is 11.6 Å². The number of ether oxygens (including phenoxy) is 1. The van der Waals surface area contributed by atoms with Crippen LogP contribution in [0.4, 0.5) is 4.39 Å². The average Bonchev–Trinajstić information content (AvgIpc) is 2.42. The van der Waals surface area contributed by atoms with Gasteiger partial charge in [-0.1, -0.05) is 25.4 Å². The first kappa shape index (κ1) is 14.8. The number of hydrogen-bond acceptors (Lipinski definition) is 3. The minimum absolute atomic E-state index is 0.303. The van der Waals surface area contributed by atoms with Crippen LogP contribution in [0, 0.1) is 5.82 Å². The summed E-state index contributed by atoms with van der Waals surface area (Å²) in [6, 6.07) is 7.93. The average molecular weight is 295 g/mol. The predicted molar refractivity (Wildman–Crippen MR) is 77.7 cm³/mol. The molecule has 0 aliphatic carbocycles. The Morgan fingerprint density at radius 3 is 2.65 bits per heavy atom. The van der Waals surface area contributed by atoms with E-state index in [1.54, 1.807) is 24.4 Å². The van der Waals surface area contributed by atoms with Gasteiger partial charge in [0.1, 0.15) is 11.6 Å². The van der Waals surface area contributed by atoms with Crippen molar-refractivity contribution in [1.82, 2.24) is 10.3 Å². The summed E-state index contributed by atoms with van der Waals surface area (Å²) in [5.41, 5.74) is 0.910. The molecule has 0 aliphatic rings. The van der Waals surface area contributed by atoms with Crippen LogP contribution >= 0.6 is 11.6 Å². The first-order chi connectivity index (χ1) is 9.54. The van der Waals surface area contributed by atoms with Gasteiger partial charge in [0.2, 0.25) is 5.88 Å². The Hall–Kier alpha value is -1.65. The summed E-state index contributed by atoms with van der Waals surface area (Å²) in [4.78, 5) is 4.11. The molecule has 0 amide bonds. The van der Waals surface area contributed by atoms with E-state index in [1.807, 2.05) is 0 Å². The van der Waals surface area contributed by atoms with E-state index in [1.165, 1.54) is 12.1 Å². The first-order valence-electron chi connectivity index (χ1n) is 6.36. The molecule has 3 nitrogen and oxygen atoms in total. The van der Waals surface area contributed by atoms with Crippen molar-refractivity contribution in [3.05, 3.63) is 52.9 Å². The molecule has 0 saturated heterocycles. The number of aromatic nitrogens is 1. The van der Waals surface area contributed by atoms with Gasteiger partial charge in [-0.15, -0.1) is 0 Å². The Balaban J connectivity index is 2.12. The highest BCUT2D eigenvalue weighted by Crippen LogP contribution is 2.24. The zero-order valence-corrected chi connectivity index (χ0v) is 12.1. The second kappa shape index (κ2) is 6.68. The molecular formula is C15H16ClFN2O. The molecule has 0 unspecified atom stereocenters. The molecule has 1 aromatic heterocycles. The van der Waals surface area contributed by atoms with Crippen LogP contribution < -0.4 is 10.1 Å². The molecule has 106 valence electrons. The number of nitrogens with one attached hydrogen (secondary N) is 1. The van der Waals surface area contributed by atoms with E-state index in [9.17, 15) is 4.39 Å². The summed E-state index contributed by atoms with van der Waals surface area (Å²) < 4.78 is 18.4. The lowest BCUT2D eigenvalue weighted by Gasteiger charge is -2.11. The van der Waals surface area contributed by atoms with E-state index >= 15 is 0 Å². The molecule has 1 N–H and O–H groups in total. The molecule has 0 fully saturated rings. The minimum Gasteiger partial charge on any atom is -0.439 e. The summed E-state index contributed by atoms with van der Waals surface area (Å²) in [5, 5.41) is 3.87. The summed E-state index contributed by atoms with van der Waals surface area (Å²) in [6.07, 6.45) is 1.55. The summed E-state index contributed by atoms with van der Waals surface area (Å²) in [5.74, 6) is 0.661. The molecule has 0 radical (unpaired) electrons. The molecule has 1 heterocycles. The number of nitrogens with zero attached hydrogens (tertiary/aromatic N) is 1. The molecule has 1 aromatic carbocycles. The summed E-state index contributed by atoms with van der Waals surface area (Å²) >= 11 is 6.10. The first-order valence-corrected chi connectivity index (χ1v) is 6.73. The third kappa shape index (κ3) is 4.18. The second-order valence-electron chi connectivity index (χ2n) is 4.71. The third-order valence-corrected chi connectivity index (χ3v) is 2.99. The Morgan fingerprint density at radius 2 is 2.00 bits per heavy atom. The fourth-order valence-corrected chi connectivity index (χ4v) is 1.76. The summed E-state index contributed by atoms with van der Waals surface area (Å²) in [7, 11) is 0. The van der Waals surface area contributed by atoms with Crippen molar-refractivity contribution in [2.75, 3.05) is 0 Å². The van der Waals surface area contributed by atoms with Crippen molar-refractivity contribution < 1.29 is 9.13 Å². The van der Waals surface area contributed by atoms with Crippen LogP contribution in [0.3, 0.4) is 0 Å². The number of benzene rings is 1. The van der Waals surface area contributed by atoms with E-state index in [-0.39, 0.29) is 5.82 Å². The zero-order valence-electron chi connectivity index (χ0n) is 11.4. The molecule has 0 atom stereocenters. The van der Waals surface area contributed by atoms with Gasteiger partial charge in [-0.05, 0) is 29.8 Å². The van der Waals surface area contributed by atoms with Crippen molar-refractivity contribution in [2.45, 2.75) is 26.4 Å². The lowest BCUT2D eigenvalue weighted by molar-refractivity contribution is 0.459. The van der Waals surface area contributed by atoms with E-state index in [2.05, 4.69) is 24.1 Å². The molecule has 0 saturated carbocycles. The number of halogens is 2. The van der Waals surface area contributed by atoms with E-state index < -0.39 is 0 Å². The van der Waals surface area contributed by atoms with E-state index in [4.69, 9.17) is 16.3 Å². The smallest absolute Gasteiger partial charge is 0.219 e. The van der Waals surface area contributed by atoms with Crippen LogP contribution in [0.2, 0.25) is 5.02 Å². The van der Waals surface area contributed by atoms with Crippen molar-refractivity contribution >= 4 is 11.6 Å².